The summed E-state index contributed by atoms with van der Waals surface area (Å²) in [7, 11) is 2.02. The zero-order chi connectivity index (χ0) is 18.2. The van der Waals surface area contributed by atoms with Crippen LogP contribution in [-0.4, -0.2) is 19.5 Å². The predicted octanol–water partition coefficient (Wildman–Crippen LogP) is 4.52. The molecule has 0 fully saturated rings. The quantitative estimate of drug-likeness (QED) is 0.512. The van der Waals surface area contributed by atoms with E-state index in [4.69, 9.17) is 9.72 Å². The summed E-state index contributed by atoms with van der Waals surface area (Å²) < 4.78 is 8.02. The third kappa shape index (κ3) is 3.34. The molecule has 0 N–H and O–H groups in total. The lowest BCUT2D eigenvalue weighted by Gasteiger charge is -2.12. The van der Waals surface area contributed by atoms with Crippen LogP contribution in [0, 0.1) is 0 Å². The Bertz CT molecular complexity index is 1120. The predicted molar refractivity (Wildman–Crippen MR) is 112 cm³/mol. The summed E-state index contributed by atoms with van der Waals surface area (Å²) in [6.07, 6.45) is 6.85. The van der Waals surface area contributed by atoms with Crippen molar-refractivity contribution >= 4 is 23.4 Å². The van der Waals surface area contributed by atoms with Crippen LogP contribution >= 0.6 is 12.4 Å². The van der Waals surface area contributed by atoms with Gasteiger partial charge < -0.3 is 9.30 Å². The molecule has 142 valence electrons. The second-order valence-electron chi connectivity index (χ2n) is 6.96. The van der Waals surface area contributed by atoms with Gasteiger partial charge in [0.05, 0.1) is 23.1 Å². The van der Waals surface area contributed by atoms with Gasteiger partial charge in [-0.1, -0.05) is 12.1 Å². The van der Waals surface area contributed by atoms with Crippen LogP contribution in [-0.2, 0) is 26.5 Å². The van der Waals surface area contributed by atoms with E-state index in [2.05, 4.69) is 34.2 Å². The summed E-state index contributed by atoms with van der Waals surface area (Å²) in [5.41, 5.74) is 7.92. The fourth-order valence-electron chi connectivity index (χ4n) is 3.78. The molecule has 0 bridgehead atoms. The number of hydrogen-bond donors (Lipinski definition) is 0. The zero-order valence-corrected chi connectivity index (χ0v) is 16.4. The standard InChI is InChI=1S/C22H20N4O.ClH/c1-26-14-24-20-11-15(8-9-21(20)26)18-12-22(25-19-7-4-6-17(18)19)27-13-16-5-2-3-10-23-16;/h2-3,5,8-12,14H,4,6-7,13H2,1H3;1H. The summed E-state index contributed by atoms with van der Waals surface area (Å²) in [5, 5.41) is 0. The van der Waals surface area contributed by atoms with Crippen molar-refractivity contribution in [2.45, 2.75) is 25.9 Å². The lowest BCUT2D eigenvalue weighted by molar-refractivity contribution is 0.288. The number of nitrogens with zero attached hydrogens (tertiary/aromatic N) is 4. The van der Waals surface area contributed by atoms with Crippen molar-refractivity contribution in [3.63, 3.8) is 0 Å². The minimum atomic E-state index is 0. The number of ether oxygens (including phenoxy) is 1. The molecular formula is C22H21ClN4O. The van der Waals surface area contributed by atoms with Crippen molar-refractivity contribution in [1.82, 2.24) is 19.5 Å². The molecule has 3 heterocycles. The maximum atomic E-state index is 5.98. The lowest BCUT2D eigenvalue weighted by atomic mass is 9.99. The van der Waals surface area contributed by atoms with E-state index in [1.54, 1.807) is 6.20 Å². The SMILES string of the molecule is Cl.Cn1cnc2cc(-c3cc(OCc4ccccn4)nc4c3CCC4)ccc21. The first-order valence-electron chi connectivity index (χ1n) is 9.25. The van der Waals surface area contributed by atoms with E-state index in [-0.39, 0.29) is 12.4 Å². The Kier molecular flexibility index (Phi) is 5.01. The Hall–Kier alpha value is -2.92. The molecule has 0 atom stereocenters. The molecule has 6 heteroatoms. The molecule has 1 aliphatic rings. The molecule has 0 saturated heterocycles. The maximum Gasteiger partial charge on any atom is 0.214 e. The third-order valence-corrected chi connectivity index (χ3v) is 5.16. The molecule has 0 spiro atoms. The molecule has 5 rings (SSSR count). The monoisotopic (exact) mass is 392 g/mol. The molecule has 0 unspecified atom stereocenters. The van der Waals surface area contributed by atoms with Crippen LogP contribution in [0.4, 0.5) is 0 Å². The average Bonchev–Trinajstić information content (AvgIpc) is 3.33. The maximum absolute atomic E-state index is 5.98. The molecule has 3 aromatic heterocycles. The van der Waals surface area contributed by atoms with E-state index < -0.39 is 0 Å². The van der Waals surface area contributed by atoms with Crippen molar-refractivity contribution in [1.29, 1.82) is 0 Å². The molecule has 0 amide bonds. The molecule has 1 aromatic carbocycles. The highest BCUT2D eigenvalue weighted by atomic mass is 35.5. The van der Waals surface area contributed by atoms with Crippen LogP contribution in [0.5, 0.6) is 5.88 Å². The van der Waals surface area contributed by atoms with Crippen molar-refractivity contribution < 1.29 is 4.74 Å². The molecule has 5 nitrogen and oxygen atoms in total. The van der Waals surface area contributed by atoms with E-state index in [1.807, 2.05) is 36.1 Å². The molecule has 4 aromatic rings. The van der Waals surface area contributed by atoms with Gasteiger partial charge in [-0.25, -0.2) is 9.97 Å². The van der Waals surface area contributed by atoms with E-state index in [0.29, 0.717) is 12.5 Å². The van der Waals surface area contributed by atoms with E-state index >= 15 is 0 Å². The smallest absolute Gasteiger partial charge is 0.214 e. The van der Waals surface area contributed by atoms with E-state index in [9.17, 15) is 0 Å². The van der Waals surface area contributed by atoms with Gasteiger partial charge in [0.25, 0.3) is 0 Å². The Balaban J connectivity index is 0.00000192. The van der Waals surface area contributed by atoms with Gasteiger partial charge in [-0.2, -0.15) is 0 Å². The van der Waals surface area contributed by atoms with Gasteiger partial charge in [-0.3, -0.25) is 4.98 Å². The first kappa shape index (κ1) is 18.4. The normalized spacial score (nSPS) is 12.6. The number of rotatable bonds is 4. The minimum Gasteiger partial charge on any atom is -0.471 e. The number of aromatic nitrogens is 4. The molecule has 28 heavy (non-hydrogen) atoms. The Morgan fingerprint density at radius 1 is 1.07 bits per heavy atom. The second-order valence-corrected chi connectivity index (χ2v) is 6.96. The molecule has 0 saturated carbocycles. The van der Waals surface area contributed by atoms with Crippen molar-refractivity contribution in [2.75, 3.05) is 0 Å². The summed E-state index contributed by atoms with van der Waals surface area (Å²) in [5.74, 6) is 0.664. The van der Waals surface area contributed by atoms with Crippen LogP contribution in [0.3, 0.4) is 0 Å². The number of imidazole rings is 1. The fraction of sp³-hybridized carbons (Fsp3) is 0.227. The van der Waals surface area contributed by atoms with Crippen LogP contribution in [0.2, 0.25) is 0 Å². The Labute approximate surface area is 169 Å². The van der Waals surface area contributed by atoms with E-state index in [1.165, 1.54) is 16.7 Å². The largest absolute Gasteiger partial charge is 0.471 e. The van der Waals surface area contributed by atoms with Crippen LogP contribution in [0.1, 0.15) is 23.4 Å². The van der Waals surface area contributed by atoms with Gasteiger partial charge in [-0.05, 0) is 60.2 Å². The van der Waals surface area contributed by atoms with Crippen molar-refractivity contribution in [3.8, 4) is 17.0 Å². The highest BCUT2D eigenvalue weighted by Gasteiger charge is 2.20. The van der Waals surface area contributed by atoms with E-state index in [0.717, 1.165) is 41.7 Å². The van der Waals surface area contributed by atoms with Crippen LogP contribution < -0.4 is 4.74 Å². The summed E-state index contributed by atoms with van der Waals surface area (Å²) in [6.45, 7) is 0.422. The third-order valence-electron chi connectivity index (χ3n) is 5.16. The number of fused-ring (bicyclic) bond motifs is 2. The lowest BCUT2D eigenvalue weighted by Crippen LogP contribution is -2.02. The van der Waals surface area contributed by atoms with Gasteiger partial charge in [0.1, 0.15) is 6.61 Å². The summed E-state index contributed by atoms with van der Waals surface area (Å²) >= 11 is 0. The number of aryl methyl sites for hydroxylation is 2. The number of pyridine rings is 2. The summed E-state index contributed by atoms with van der Waals surface area (Å²) in [4.78, 5) is 13.6. The zero-order valence-electron chi connectivity index (χ0n) is 15.6. The Morgan fingerprint density at radius 2 is 2.00 bits per heavy atom. The van der Waals surface area contributed by atoms with Gasteiger partial charge in [-0.15, -0.1) is 12.4 Å². The number of halogens is 1. The molecule has 0 radical (unpaired) electrons. The number of hydrogen-bond acceptors (Lipinski definition) is 4. The minimum absolute atomic E-state index is 0. The van der Waals surface area contributed by atoms with Gasteiger partial charge in [0, 0.05) is 25.0 Å². The van der Waals surface area contributed by atoms with Crippen LogP contribution in [0.15, 0.2) is 55.0 Å². The molecular weight excluding hydrogens is 372 g/mol. The van der Waals surface area contributed by atoms with Crippen LogP contribution in [0.25, 0.3) is 22.2 Å². The average molecular weight is 393 g/mol. The summed E-state index contributed by atoms with van der Waals surface area (Å²) in [6, 6.07) is 14.4. The first-order chi connectivity index (χ1) is 13.3. The second kappa shape index (κ2) is 7.60. The van der Waals surface area contributed by atoms with Gasteiger partial charge in [0.15, 0.2) is 0 Å². The highest BCUT2D eigenvalue weighted by Crippen LogP contribution is 2.35. The topological polar surface area (TPSA) is 52.8 Å². The van der Waals surface area contributed by atoms with Gasteiger partial charge in [0.2, 0.25) is 5.88 Å². The molecule has 1 aliphatic carbocycles. The number of benzene rings is 1. The fourth-order valence-corrected chi connectivity index (χ4v) is 3.78. The van der Waals surface area contributed by atoms with Gasteiger partial charge >= 0.3 is 0 Å². The molecule has 0 aliphatic heterocycles. The first-order valence-corrected chi connectivity index (χ1v) is 9.25. The highest BCUT2D eigenvalue weighted by molar-refractivity contribution is 5.85. The Morgan fingerprint density at radius 3 is 2.86 bits per heavy atom. The van der Waals surface area contributed by atoms with Crippen molar-refractivity contribution in [2.24, 2.45) is 7.05 Å². The van der Waals surface area contributed by atoms with Crippen molar-refractivity contribution in [3.05, 3.63) is 71.9 Å².